The van der Waals surface area contributed by atoms with Gasteiger partial charge in [0.2, 0.25) is 0 Å². The Balaban J connectivity index is 2.66. The average Bonchev–Trinajstić information content (AvgIpc) is 2.36. The summed E-state index contributed by atoms with van der Waals surface area (Å²) in [4.78, 5) is 4.10. The number of nitrogens with zero attached hydrogens (tertiary/aromatic N) is 1. The highest BCUT2D eigenvalue weighted by Gasteiger charge is 2.05. The van der Waals surface area contributed by atoms with Crippen molar-refractivity contribution < 1.29 is 0 Å². The largest absolute Gasteiger partial charge is 0.264 e. The van der Waals surface area contributed by atoms with Crippen molar-refractivity contribution in [2.45, 2.75) is 13.3 Å². The van der Waals surface area contributed by atoms with Crippen molar-refractivity contribution in [3.8, 4) is 0 Å². The third-order valence-corrected chi connectivity index (χ3v) is 1.93. The molecule has 1 aliphatic carbocycles. The van der Waals surface area contributed by atoms with Crippen LogP contribution in [0, 0.1) is 6.92 Å². The highest BCUT2D eigenvalue weighted by molar-refractivity contribution is 5.60. The summed E-state index contributed by atoms with van der Waals surface area (Å²) in [6, 6.07) is 0. The molecule has 0 spiro atoms. The second-order valence-electron chi connectivity index (χ2n) is 2.63. The number of aryl methyl sites for hydroxylation is 1. The molecule has 0 N–H and O–H groups in total. The van der Waals surface area contributed by atoms with E-state index in [-0.39, 0.29) is 0 Å². The molecule has 0 atom stereocenters. The van der Waals surface area contributed by atoms with Crippen molar-refractivity contribution in [3.05, 3.63) is 35.2 Å². The Labute approximate surface area is 60.4 Å². The molecule has 1 aromatic rings. The summed E-state index contributed by atoms with van der Waals surface area (Å²) in [6.07, 6.45) is 9.25. The maximum Gasteiger partial charge on any atom is 0.0343 e. The van der Waals surface area contributed by atoms with Crippen molar-refractivity contribution in [1.29, 1.82) is 0 Å². The molecule has 1 nitrogen and oxygen atoms in total. The number of pyridine rings is 1. The van der Waals surface area contributed by atoms with E-state index in [2.05, 4.69) is 24.1 Å². The van der Waals surface area contributed by atoms with Gasteiger partial charge >= 0.3 is 0 Å². The van der Waals surface area contributed by atoms with Crippen LogP contribution in [0.5, 0.6) is 0 Å². The van der Waals surface area contributed by atoms with Gasteiger partial charge in [-0.05, 0) is 30.0 Å². The number of hydrogen-bond acceptors (Lipinski definition) is 1. The van der Waals surface area contributed by atoms with Crippen molar-refractivity contribution >= 4 is 6.08 Å². The van der Waals surface area contributed by atoms with E-state index in [0.29, 0.717) is 0 Å². The third kappa shape index (κ3) is 0.670. The molecule has 2 rings (SSSR count). The molecule has 0 aliphatic heterocycles. The first-order valence-electron chi connectivity index (χ1n) is 3.48. The monoisotopic (exact) mass is 131 g/mol. The Morgan fingerprint density at radius 3 is 3.10 bits per heavy atom. The van der Waals surface area contributed by atoms with E-state index in [1.807, 2.05) is 12.4 Å². The minimum absolute atomic E-state index is 1.09. The van der Waals surface area contributed by atoms with E-state index in [4.69, 9.17) is 0 Å². The molecule has 0 radical (unpaired) electrons. The lowest BCUT2D eigenvalue weighted by atomic mass is 10.1. The molecule has 0 saturated carbocycles. The van der Waals surface area contributed by atoms with Gasteiger partial charge in [-0.3, -0.25) is 4.98 Å². The lowest BCUT2D eigenvalue weighted by Gasteiger charge is -1.99. The number of rotatable bonds is 0. The van der Waals surface area contributed by atoms with E-state index in [0.717, 1.165) is 6.42 Å². The minimum atomic E-state index is 1.09. The predicted octanol–water partition coefficient (Wildman–Crippen LogP) is 1.96. The van der Waals surface area contributed by atoms with Crippen LogP contribution in [0.15, 0.2) is 18.5 Å². The Morgan fingerprint density at radius 2 is 2.30 bits per heavy atom. The number of fused-ring (bicyclic) bond motifs is 1. The summed E-state index contributed by atoms with van der Waals surface area (Å²) in [5, 5.41) is 0. The van der Waals surface area contributed by atoms with E-state index >= 15 is 0 Å². The normalized spacial score (nSPS) is 13.7. The maximum atomic E-state index is 4.10. The van der Waals surface area contributed by atoms with Crippen molar-refractivity contribution in [1.82, 2.24) is 4.98 Å². The molecule has 1 heterocycles. The molecule has 10 heavy (non-hydrogen) atoms. The number of allylic oxidation sites excluding steroid dienone is 1. The van der Waals surface area contributed by atoms with Gasteiger partial charge in [-0.2, -0.15) is 0 Å². The van der Waals surface area contributed by atoms with Crippen LogP contribution in [0.25, 0.3) is 6.08 Å². The molecular formula is C9H9N. The van der Waals surface area contributed by atoms with Gasteiger partial charge in [0.05, 0.1) is 0 Å². The highest BCUT2D eigenvalue weighted by Crippen LogP contribution is 2.20. The van der Waals surface area contributed by atoms with Crippen LogP contribution >= 0.6 is 0 Å². The quantitative estimate of drug-likeness (QED) is 0.524. The van der Waals surface area contributed by atoms with Crippen LogP contribution in [-0.2, 0) is 6.42 Å². The Bertz CT molecular complexity index is 287. The van der Waals surface area contributed by atoms with Gasteiger partial charge in [0.1, 0.15) is 0 Å². The first kappa shape index (κ1) is 5.66. The minimum Gasteiger partial charge on any atom is -0.264 e. The van der Waals surface area contributed by atoms with Crippen LogP contribution in [0.2, 0.25) is 0 Å². The van der Waals surface area contributed by atoms with Crippen LogP contribution in [0.4, 0.5) is 0 Å². The van der Waals surface area contributed by atoms with Gasteiger partial charge in [0.15, 0.2) is 0 Å². The van der Waals surface area contributed by atoms with Crippen LogP contribution in [-0.4, -0.2) is 4.98 Å². The molecule has 0 amide bonds. The van der Waals surface area contributed by atoms with Crippen molar-refractivity contribution in [2.24, 2.45) is 0 Å². The van der Waals surface area contributed by atoms with E-state index < -0.39 is 0 Å². The molecule has 0 saturated heterocycles. The zero-order valence-electron chi connectivity index (χ0n) is 5.96. The fourth-order valence-corrected chi connectivity index (χ4v) is 1.34. The number of hydrogen-bond donors (Lipinski definition) is 0. The number of aromatic nitrogens is 1. The van der Waals surface area contributed by atoms with Gasteiger partial charge in [-0.15, -0.1) is 0 Å². The highest BCUT2D eigenvalue weighted by atomic mass is 14.6. The fraction of sp³-hybridized carbons (Fsp3) is 0.222. The fourth-order valence-electron chi connectivity index (χ4n) is 1.34. The SMILES string of the molecule is Cc1cncc2c1CC=C2. The zero-order chi connectivity index (χ0) is 6.97. The summed E-state index contributed by atoms with van der Waals surface area (Å²) >= 11 is 0. The topological polar surface area (TPSA) is 12.9 Å². The lowest BCUT2D eigenvalue weighted by molar-refractivity contribution is 1.17. The van der Waals surface area contributed by atoms with Crippen molar-refractivity contribution in [2.75, 3.05) is 0 Å². The van der Waals surface area contributed by atoms with Crippen molar-refractivity contribution in [3.63, 3.8) is 0 Å². The van der Waals surface area contributed by atoms with Crippen LogP contribution in [0.1, 0.15) is 16.7 Å². The van der Waals surface area contributed by atoms with Gasteiger partial charge < -0.3 is 0 Å². The van der Waals surface area contributed by atoms with E-state index in [1.54, 1.807) is 0 Å². The van der Waals surface area contributed by atoms with Crippen LogP contribution < -0.4 is 0 Å². The van der Waals surface area contributed by atoms with Gasteiger partial charge in [0, 0.05) is 12.4 Å². The van der Waals surface area contributed by atoms with Gasteiger partial charge in [-0.1, -0.05) is 12.2 Å². The summed E-state index contributed by atoms with van der Waals surface area (Å²) in [7, 11) is 0. The molecule has 50 valence electrons. The summed E-state index contributed by atoms with van der Waals surface area (Å²) in [5.74, 6) is 0. The molecule has 0 unspecified atom stereocenters. The zero-order valence-corrected chi connectivity index (χ0v) is 5.96. The molecule has 1 aliphatic rings. The lowest BCUT2D eigenvalue weighted by Crippen LogP contribution is -1.87. The van der Waals surface area contributed by atoms with Crippen LogP contribution in [0.3, 0.4) is 0 Å². The second-order valence-corrected chi connectivity index (χ2v) is 2.63. The Kier molecular flexibility index (Phi) is 1.10. The summed E-state index contributed by atoms with van der Waals surface area (Å²) < 4.78 is 0. The molecule has 0 aromatic carbocycles. The molecule has 0 bridgehead atoms. The molecule has 0 fully saturated rings. The maximum absolute atomic E-state index is 4.10. The second kappa shape index (κ2) is 1.94. The first-order valence-corrected chi connectivity index (χ1v) is 3.48. The summed E-state index contributed by atoms with van der Waals surface area (Å²) in [5.41, 5.74) is 4.04. The smallest absolute Gasteiger partial charge is 0.0343 e. The van der Waals surface area contributed by atoms with Gasteiger partial charge in [0.25, 0.3) is 0 Å². The predicted molar refractivity (Wildman–Crippen MR) is 41.7 cm³/mol. The average molecular weight is 131 g/mol. The first-order chi connectivity index (χ1) is 4.88. The Hall–Kier alpha value is -1.11. The Morgan fingerprint density at radius 1 is 1.40 bits per heavy atom. The van der Waals surface area contributed by atoms with E-state index in [1.165, 1.54) is 16.7 Å². The third-order valence-electron chi connectivity index (χ3n) is 1.93. The summed E-state index contributed by atoms with van der Waals surface area (Å²) in [6.45, 7) is 2.11. The van der Waals surface area contributed by atoms with E-state index in [9.17, 15) is 0 Å². The standard InChI is InChI=1S/C9H9N/c1-7-5-10-6-8-3-2-4-9(7)8/h2-3,5-6H,4H2,1H3. The van der Waals surface area contributed by atoms with Gasteiger partial charge in [-0.25, -0.2) is 0 Å². The molecule has 1 aromatic heterocycles. The molecular weight excluding hydrogens is 122 g/mol. The molecule has 1 heteroatoms.